The van der Waals surface area contributed by atoms with Crippen LogP contribution in [0.5, 0.6) is 0 Å². The molecule has 5 unspecified atom stereocenters. The molecule has 2 aromatic carbocycles. The summed E-state index contributed by atoms with van der Waals surface area (Å²) >= 11 is 1.39. The lowest BCUT2D eigenvalue weighted by molar-refractivity contribution is -0.139. The van der Waals surface area contributed by atoms with E-state index in [1.165, 1.54) is 23.9 Å². The van der Waals surface area contributed by atoms with Gasteiger partial charge in [0.1, 0.15) is 11.9 Å². The van der Waals surface area contributed by atoms with Gasteiger partial charge < -0.3 is 20.4 Å². The third-order valence-electron chi connectivity index (χ3n) is 5.54. The van der Waals surface area contributed by atoms with Crippen LogP contribution in [0.4, 0.5) is 10.1 Å². The smallest absolute Gasteiger partial charge is 0.227 e. The Labute approximate surface area is 178 Å². The highest BCUT2D eigenvalue weighted by molar-refractivity contribution is 8.15. The Kier molecular flexibility index (Phi) is 6.08. The van der Waals surface area contributed by atoms with Crippen LogP contribution in [0.3, 0.4) is 0 Å². The van der Waals surface area contributed by atoms with Crippen molar-refractivity contribution in [2.45, 2.75) is 36.5 Å². The summed E-state index contributed by atoms with van der Waals surface area (Å²) in [7, 11) is 1.75. The zero-order valence-corrected chi connectivity index (χ0v) is 17.3. The minimum absolute atomic E-state index is 0.0782. The summed E-state index contributed by atoms with van der Waals surface area (Å²) in [6.45, 7) is 0.471. The molecule has 1 amide bonds. The first-order chi connectivity index (χ1) is 14.4. The van der Waals surface area contributed by atoms with E-state index in [1.54, 1.807) is 24.1 Å². The second kappa shape index (κ2) is 8.75. The Morgan fingerprint density at radius 2 is 1.90 bits per heavy atom. The number of halogens is 1. The number of benzene rings is 2. The van der Waals surface area contributed by atoms with Crippen molar-refractivity contribution < 1.29 is 19.4 Å². The van der Waals surface area contributed by atoms with Crippen molar-refractivity contribution in [3.63, 3.8) is 0 Å². The molecular formula is C22H24FN3O3S. The largest absolute Gasteiger partial charge is 0.390 e. The van der Waals surface area contributed by atoms with E-state index in [4.69, 9.17) is 0 Å². The lowest BCUT2D eigenvalue weighted by Crippen LogP contribution is -2.54. The van der Waals surface area contributed by atoms with Gasteiger partial charge in [0, 0.05) is 24.5 Å². The van der Waals surface area contributed by atoms with Gasteiger partial charge in [-0.25, -0.2) is 4.39 Å². The van der Waals surface area contributed by atoms with Crippen LogP contribution in [0, 0.1) is 11.7 Å². The predicted molar refractivity (Wildman–Crippen MR) is 116 cm³/mol. The van der Waals surface area contributed by atoms with Gasteiger partial charge in [-0.3, -0.25) is 9.79 Å². The molecule has 30 heavy (non-hydrogen) atoms. The number of thioether (sulfide) groups is 1. The Balaban J connectivity index is 1.48. The van der Waals surface area contributed by atoms with Gasteiger partial charge in [-0.2, -0.15) is 0 Å². The molecule has 1 heterocycles. The van der Waals surface area contributed by atoms with Crippen molar-refractivity contribution in [3.8, 4) is 0 Å². The first-order valence-electron chi connectivity index (χ1n) is 9.84. The number of aliphatic hydroxyl groups is 2. The van der Waals surface area contributed by atoms with Crippen molar-refractivity contribution in [1.29, 1.82) is 0 Å². The Hall–Kier alpha value is -2.42. The second-order valence-corrected chi connectivity index (χ2v) is 8.89. The number of hydrogen-bond donors (Lipinski definition) is 3. The number of carbonyl (C=O) groups excluding carboxylic acids is 1. The van der Waals surface area contributed by atoms with Gasteiger partial charge in [-0.15, -0.1) is 0 Å². The van der Waals surface area contributed by atoms with Crippen LogP contribution >= 0.6 is 11.8 Å². The van der Waals surface area contributed by atoms with Gasteiger partial charge in [0.05, 0.1) is 18.1 Å². The van der Waals surface area contributed by atoms with E-state index >= 15 is 0 Å². The normalized spacial score (nSPS) is 27.9. The van der Waals surface area contributed by atoms with Crippen LogP contribution in [-0.4, -0.2) is 56.7 Å². The maximum Gasteiger partial charge on any atom is 0.227 e. The summed E-state index contributed by atoms with van der Waals surface area (Å²) in [5, 5.41) is 24.2. The standard InChI is InChI=1S/C22H24FN3O3S/c1-26(12-13-5-3-2-4-6-13)21(29)16-11-17(27)19(28)18-20(16)30-22(25-18)24-15-9-7-14(23)8-10-15/h2-10,16-20,27-28H,11-12H2,1H3,(H,24,25). The molecule has 1 aliphatic heterocycles. The van der Waals surface area contributed by atoms with Crippen LogP contribution in [0.2, 0.25) is 0 Å². The van der Waals surface area contributed by atoms with Crippen LogP contribution < -0.4 is 5.32 Å². The molecule has 0 aromatic heterocycles. The van der Waals surface area contributed by atoms with Crippen LogP contribution in [-0.2, 0) is 11.3 Å². The van der Waals surface area contributed by atoms with Crippen molar-refractivity contribution in [3.05, 3.63) is 66.0 Å². The van der Waals surface area contributed by atoms with Crippen LogP contribution in [0.1, 0.15) is 12.0 Å². The number of rotatable bonds is 4. The molecule has 0 bridgehead atoms. The van der Waals surface area contributed by atoms with Crippen molar-refractivity contribution in [2.24, 2.45) is 10.9 Å². The fourth-order valence-electron chi connectivity index (χ4n) is 3.97. The lowest BCUT2D eigenvalue weighted by atomic mass is 9.80. The lowest BCUT2D eigenvalue weighted by Gasteiger charge is -2.38. The summed E-state index contributed by atoms with van der Waals surface area (Å²) in [4.78, 5) is 19.4. The summed E-state index contributed by atoms with van der Waals surface area (Å²) in [6.07, 6.45) is -1.86. The number of anilines is 1. The zero-order chi connectivity index (χ0) is 21.3. The molecule has 0 saturated heterocycles. The Bertz CT molecular complexity index is 925. The number of amidine groups is 1. The fourth-order valence-corrected chi connectivity index (χ4v) is 5.34. The van der Waals surface area contributed by atoms with Gasteiger partial charge in [0.2, 0.25) is 5.91 Å². The SMILES string of the molecule is CN(Cc1ccccc1)C(=O)C1CC(O)C(O)C2N=C(Nc3ccc(F)cc3)SC12. The van der Waals surface area contributed by atoms with Crippen molar-refractivity contribution in [2.75, 3.05) is 12.4 Å². The van der Waals surface area contributed by atoms with E-state index < -0.39 is 24.2 Å². The third-order valence-corrected chi connectivity index (χ3v) is 6.85. The van der Waals surface area contributed by atoms with Crippen LogP contribution in [0.25, 0.3) is 0 Å². The minimum Gasteiger partial charge on any atom is -0.390 e. The van der Waals surface area contributed by atoms with Gasteiger partial charge in [0.15, 0.2) is 5.17 Å². The number of nitrogens with zero attached hydrogens (tertiary/aromatic N) is 2. The second-order valence-electron chi connectivity index (χ2n) is 7.72. The maximum atomic E-state index is 13.2. The van der Waals surface area contributed by atoms with Crippen molar-refractivity contribution in [1.82, 2.24) is 4.90 Å². The van der Waals surface area contributed by atoms with E-state index in [9.17, 15) is 19.4 Å². The van der Waals surface area contributed by atoms with Crippen LogP contribution in [0.15, 0.2) is 59.6 Å². The average molecular weight is 430 g/mol. The summed E-state index contributed by atoms with van der Waals surface area (Å²) in [5.41, 5.74) is 1.69. The number of fused-ring (bicyclic) bond motifs is 1. The molecule has 0 spiro atoms. The van der Waals surface area contributed by atoms with Gasteiger partial charge in [0.25, 0.3) is 0 Å². The highest BCUT2D eigenvalue weighted by Gasteiger charge is 2.50. The molecule has 1 aliphatic carbocycles. The first-order valence-corrected chi connectivity index (χ1v) is 10.7. The van der Waals surface area contributed by atoms with E-state index in [0.29, 0.717) is 17.4 Å². The minimum atomic E-state index is -1.03. The molecule has 2 aromatic rings. The number of hydrogen-bond acceptors (Lipinski definition) is 6. The molecular weight excluding hydrogens is 405 g/mol. The number of aliphatic hydroxyl groups excluding tert-OH is 2. The first kappa shape index (κ1) is 20.8. The van der Waals surface area contributed by atoms with E-state index in [-0.39, 0.29) is 23.4 Å². The van der Waals surface area contributed by atoms with Crippen molar-refractivity contribution >= 4 is 28.5 Å². The third kappa shape index (κ3) is 4.35. The molecule has 5 atom stereocenters. The summed E-state index contributed by atoms with van der Waals surface area (Å²) < 4.78 is 13.1. The maximum absolute atomic E-state index is 13.2. The highest BCUT2D eigenvalue weighted by Crippen LogP contribution is 2.42. The molecule has 6 nitrogen and oxygen atoms in total. The Morgan fingerprint density at radius 1 is 1.20 bits per heavy atom. The molecule has 3 N–H and O–H groups in total. The van der Waals surface area contributed by atoms with E-state index in [0.717, 1.165) is 5.56 Å². The number of carbonyl (C=O) groups is 1. The predicted octanol–water partition coefficient (Wildman–Crippen LogP) is 2.48. The molecule has 4 rings (SSSR count). The Morgan fingerprint density at radius 3 is 2.60 bits per heavy atom. The number of nitrogens with one attached hydrogen (secondary N) is 1. The molecule has 2 aliphatic rings. The fraction of sp³-hybridized carbons (Fsp3) is 0.364. The topological polar surface area (TPSA) is 85.2 Å². The number of aliphatic imine (C=N–C) groups is 1. The van der Waals surface area contributed by atoms with Gasteiger partial charge >= 0.3 is 0 Å². The molecule has 8 heteroatoms. The molecule has 1 fully saturated rings. The molecule has 158 valence electrons. The van der Waals surface area contributed by atoms with Gasteiger partial charge in [-0.1, -0.05) is 42.1 Å². The molecule has 1 saturated carbocycles. The average Bonchev–Trinajstić information content (AvgIpc) is 3.16. The monoisotopic (exact) mass is 429 g/mol. The number of amides is 1. The highest BCUT2D eigenvalue weighted by atomic mass is 32.2. The zero-order valence-electron chi connectivity index (χ0n) is 16.5. The quantitative estimate of drug-likeness (QED) is 0.695. The summed E-state index contributed by atoms with van der Waals surface area (Å²) in [5.74, 6) is -0.880. The van der Waals surface area contributed by atoms with E-state index in [2.05, 4.69) is 10.3 Å². The van der Waals surface area contributed by atoms with Gasteiger partial charge in [-0.05, 0) is 36.2 Å². The van der Waals surface area contributed by atoms with E-state index in [1.807, 2.05) is 30.3 Å². The summed E-state index contributed by atoms with van der Waals surface area (Å²) in [6, 6.07) is 15.0. The molecule has 0 radical (unpaired) electrons.